The number of carbonyl (C=O) groups is 1. The van der Waals surface area contributed by atoms with Gasteiger partial charge in [0, 0.05) is 22.4 Å². The second-order valence-corrected chi connectivity index (χ2v) is 8.14. The molecule has 3 aromatic rings. The van der Waals surface area contributed by atoms with Gasteiger partial charge in [-0.1, -0.05) is 37.7 Å². The van der Waals surface area contributed by atoms with E-state index >= 15 is 0 Å². The summed E-state index contributed by atoms with van der Waals surface area (Å²) in [6.45, 7) is 7.05. The Morgan fingerprint density at radius 1 is 1.33 bits per heavy atom. The Balaban J connectivity index is 1.69. The molecule has 27 heavy (non-hydrogen) atoms. The molecule has 142 valence electrons. The predicted octanol–water partition coefficient (Wildman–Crippen LogP) is 5.02. The molecule has 5 nitrogen and oxygen atoms in total. The zero-order valence-corrected chi connectivity index (χ0v) is 17.0. The van der Waals surface area contributed by atoms with Gasteiger partial charge in [-0.25, -0.2) is 4.39 Å². The molecule has 0 bridgehead atoms. The Morgan fingerprint density at radius 3 is 2.78 bits per heavy atom. The highest BCUT2D eigenvalue weighted by atomic mass is 32.2. The first-order valence-electron chi connectivity index (χ1n) is 8.68. The van der Waals surface area contributed by atoms with Gasteiger partial charge in [0.1, 0.15) is 5.82 Å². The zero-order valence-electron chi connectivity index (χ0n) is 15.4. The number of thioether (sulfide) groups is 1. The standard InChI is InChI=1S/C19H21FN4OS2/c1-4-24-18(13-9-16(12(2)3)26-10-13)22-23-19(24)27-11-17(25)21-15-8-6-5-7-14(15)20/h5-10,12H,4,11H2,1-3H3,(H,21,25). The van der Waals surface area contributed by atoms with E-state index in [1.54, 1.807) is 23.5 Å². The molecular formula is C19H21FN4OS2. The number of nitrogens with zero attached hydrogens (tertiary/aromatic N) is 3. The van der Waals surface area contributed by atoms with E-state index in [0.717, 1.165) is 11.4 Å². The van der Waals surface area contributed by atoms with Crippen LogP contribution in [-0.4, -0.2) is 26.4 Å². The molecule has 0 atom stereocenters. The molecule has 0 aliphatic rings. The second-order valence-electron chi connectivity index (χ2n) is 6.26. The molecular weight excluding hydrogens is 383 g/mol. The monoisotopic (exact) mass is 404 g/mol. The summed E-state index contributed by atoms with van der Waals surface area (Å²) in [4.78, 5) is 13.4. The lowest BCUT2D eigenvalue weighted by Gasteiger charge is -2.07. The second kappa shape index (κ2) is 8.67. The summed E-state index contributed by atoms with van der Waals surface area (Å²) in [5.74, 6) is 0.673. The highest BCUT2D eigenvalue weighted by Crippen LogP contribution is 2.31. The van der Waals surface area contributed by atoms with Crippen LogP contribution in [-0.2, 0) is 11.3 Å². The van der Waals surface area contributed by atoms with Gasteiger partial charge in [0.2, 0.25) is 5.91 Å². The van der Waals surface area contributed by atoms with E-state index in [1.165, 1.54) is 28.8 Å². The van der Waals surface area contributed by atoms with Crippen LogP contribution in [0.3, 0.4) is 0 Å². The Kier molecular flexibility index (Phi) is 6.28. The molecule has 0 aliphatic heterocycles. The lowest BCUT2D eigenvalue weighted by atomic mass is 10.1. The van der Waals surface area contributed by atoms with Crippen molar-refractivity contribution < 1.29 is 9.18 Å². The SMILES string of the molecule is CCn1c(SCC(=O)Nc2ccccc2F)nnc1-c1csc(C(C)C)c1. The van der Waals surface area contributed by atoms with Crippen molar-refractivity contribution in [3.63, 3.8) is 0 Å². The van der Waals surface area contributed by atoms with Crippen molar-refractivity contribution >= 4 is 34.7 Å². The maximum Gasteiger partial charge on any atom is 0.234 e. The largest absolute Gasteiger partial charge is 0.323 e. The van der Waals surface area contributed by atoms with E-state index < -0.39 is 5.82 Å². The number of amides is 1. The van der Waals surface area contributed by atoms with Crippen molar-refractivity contribution in [3.8, 4) is 11.4 Å². The summed E-state index contributed by atoms with van der Waals surface area (Å²) in [7, 11) is 0. The first-order chi connectivity index (χ1) is 13.0. The highest BCUT2D eigenvalue weighted by molar-refractivity contribution is 7.99. The fourth-order valence-electron chi connectivity index (χ4n) is 2.55. The highest BCUT2D eigenvalue weighted by Gasteiger charge is 2.17. The summed E-state index contributed by atoms with van der Waals surface area (Å²) >= 11 is 3.01. The number of rotatable bonds is 7. The number of halogens is 1. The predicted molar refractivity (Wildman–Crippen MR) is 109 cm³/mol. The summed E-state index contributed by atoms with van der Waals surface area (Å²) in [6, 6.07) is 8.26. The van der Waals surface area contributed by atoms with Crippen LogP contribution in [0, 0.1) is 5.82 Å². The molecule has 1 aromatic carbocycles. The van der Waals surface area contributed by atoms with Gasteiger partial charge in [-0.15, -0.1) is 21.5 Å². The lowest BCUT2D eigenvalue weighted by molar-refractivity contribution is -0.113. The Bertz CT molecular complexity index is 935. The third kappa shape index (κ3) is 4.56. The fraction of sp³-hybridized carbons (Fsp3) is 0.316. The molecule has 0 spiro atoms. The zero-order chi connectivity index (χ0) is 19.4. The first-order valence-corrected chi connectivity index (χ1v) is 10.5. The average Bonchev–Trinajstić information content (AvgIpc) is 3.28. The van der Waals surface area contributed by atoms with Crippen LogP contribution in [0.25, 0.3) is 11.4 Å². The Hall–Kier alpha value is -2.19. The first kappa shape index (κ1) is 19.6. The molecule has 0 saturated heterocycles. The minimum atomic E-state index is -0.451. The van der Waals surface area contributed by atoms with Gasteiger partial charge in [0.05, 0.1) is 11.4 Å². The van der Waals surface area contributed by atoms with Gasteiger partial charge in [-0.2, -0.15) is 0 Å². The van der Waals surface area contributed by atoms with Crippen LogP contribution in [0.5, 0.6) is 0 Å². The third-order valence-electron chi connectivity index (χ3n) is 3.96. The number of hydrogen-bond acceptors (Lipinski definition) is 5. The molecule has 0 saturated carbocycles. The van der Waals surface area contributed by atoms with Crippen molar-refractivity contribution in [2.45, 2.75) is 38.4 Å². The van der Waals surface area contributed by atoms with E-state index in [4.69, 9.17) is 0 Å². The quantitative estimate of drug-likeness (QED) is 0.562. The molecule has 2 heterocycles. The van der Waals surface area contributed by atoms with Gasteiger partial charge >= 0.3 is 0 Å². The van der Waals surface area contributed by atoms with Crippen LogP contribution in [0.2, 0.25) is 0 Å². The van der Waals surface area contributed by atoms with E-state index in [1.807, 2.05) is 11.5 Å². The molecule has 0 fully saturated rings. The summed E-state index contributed by atoms with van der Waals surface area (Å²) in [5.41, 5.74) is 1.22. The molecule has 0 unspecified atom stereocenters. The van der Waals surface area contributed by atoms with Gasteiger partial charge in [0.15, 0.2) is 11.0 Å². The minimum absolute atomic E-state index is 0.132. The summed E-state index contributed by atoms with van der Waals surface area (Å²) in [5, 5.41) is 13.9. The number of hydrogen-bond donors (Lipinski definition) is 1. The van der Waals surface area contributed by atoms with Crippen molar-refractivity contribution in [3.05, 3.63) is 46.4 Å². The Labute approximate surface area is 166 Å². The number of carbonyl (C=O) groups excluding carboxylic acids is 1. The number of nitrogens with one attached hydrogen (secondary N) is 1. The van der Waals surface area contributed by atoms with Crippen LogP contribution in [0.4, 0.5) is 10.1 Å². The number of aromatic nitrogens is 3. The van der Waals surface area contributed by atoms with Gasteiger partial charge in [-0.3, -0.25) is 4.79 Å². The maximum absolute atomic E-state index is 13.6. The van der Waals surface area contributed by atoms with Gasteiger partial charge in [-0.05, 0) is 31.0 Å². The van der Waals surface area contributed by atoms with Crippen molar-refractivity contribution in [2.75, 3.05) is 11.1 Å². The number of benzene rings is 1. The number of anilines is 1. The maximum atomic E-state index is 13.6. The Morgan fingerprint density at radius 2 is 2.11 bits per heavy atom. The van der Waals surface area contributed by atoms with Crippen LogP contribution in [0.1, 0.15) is 31.6 Å². The molecule has 1 amide bonds. The van der Waals surface area contributed by atoms with Crippen LogP contribution >= 0.6 is 23.1 Å². The van der Waals surface area contributed by atoms with E-state index in [2.05, 4.69) is 40.8 Å². The van der Waals surface area contributed by atoms with Crippen molar-refractivity contribution in [2.24, 2.45) is 0 Å². The fourth-order valence-corrected chi connectivity index (χ4v) is 4.25. The lowest BCUT2D eigenvalue weighted by Crippen LogP contribution is -2.15. The molecule has 2 aromatic heterocycles. The summed E-state index contributed by atoms with van der Waals surface area (Å²) < 4.78 is 15.6. The number of thiophene rings is 1. The molecule has 0 radical (unpaired) electrons. The van der Waals surface area contributed by atoms with Crippen LogP contribution < -0.4 is 5.32 Å². The van der Waals surface area contributed by atoms with E-state index in [-0.39, 0.29) is 17.3 Å². The van der Waals surface area contributed by atoms with Gasteiger partial charge < -0.3 is 9.88 Å². The smallest absolute Gasteiger partial charge is 0.234 e. The molecule has 8 heteroatoms. The summed E-state index contributed by atoms with van der Waals surface area (Å²) in [6.07, 6.45) is 0. The van der Waals surface area contributed by atoms with Crippen LogP contribution in [0.15, 0.2) is 40.9 Å². The van der Waals surface area contributed by atoms with Crippen molar-refractivity contribution in [1.82, 2.24) is 14.8 Å². The topological polar surface area (TPSA) is 59.8 Å². The molecule has 0 aliphatic carbocycles. The minimum Gasteiger partial charge on any atom is -0.323 e. The van der Waals surface area contributed by atoms with E-state index in [0.29, 0.717) is 17.6 Å². The van der Waals surface area contributed by atoms with Crippen molar-refractivity contribution in [1.29, 1.82) is 0 Å². The van der Waals surface area contributed by atoms with E-state index in [9.17, 15) is 9.18 Å². The number of para-hydroxylation sites is 1. The molecule has 1 N–H and O–H groups in total. The molecule has 3 rings (SSSR count). The average molecular weight is 405 g/mol. The third-order valence-corrected chi connectivity index (χ3v) is 6.16. The normalized spacial score (nSPS) is 11.1. The van der Waals surface area contributed by atoms with Gasteiger partial charge in [0.25, 0.3) is 0 Å².